The second-order valence-electron chi connectivity index (χ2n) is 9.46. The second kappa shape index (κ2) is 13.4. The first-order valence-electron chi connectivity index (χ1n) is 12.0. The molecule has 4 heterocycles. The minimum Gasteiger partial charge on any atom is -0.477 e. The lowest BCUT2D eigenvalue weighted by Gasteiger charge is -2.49. The van der Waals surface area contributed by atoms with Crippen LogP contribution in [0.1, 0.15) is 26.5 Å². The summed E-state index contributed by atoms with van der Waals surface area (Å²) in [6, 6.07) is -1.04. The van der Waals surface area contributed by atoms with Gasteiger partial charge in [0.2, 0.25) is 0 Å². The van der Waals surface area contributed by atoms with Crippen LogP contribution in [-0.2, 0) is 28.8 Å². The fraction of sp³-hybridized carbons (Fsp3) is 0.391. The van der Waals surface area contributed by atoms with Gasteiger partial charge in [0.05, 0.1) is 0 Å². The quantitative estimate of drug-likeness (QED) is 0.0598. The monoisotopic (exact) mass is 673 g/mol. The zero-order valence-corrected chi connectivity index (χ0v) is 26.3. The van der Waals surface area contributed by atoms with Crippen molar-refractivity contribution in [2.45, 2.75) is 42.1 Å². The van der Waals surface area contributed by atoms with Crippen molar-refractivity contribution in [3.63, 3.8) is 0 Å². The number of aliphatic carboxylic acids is 1. The number of ether oxygens (including phenoxy) is 1. The molecular weight excluding hydrogens is 650 g/mol. The van der Waals surface area contributed by atoms with Gasteiger partial charge in [-0.3, -0.25) is 14.5 Å². The van der Waals surface area contributed by atoms with Crippen LogP contribution in [0.2, 0.25) is 4.34 Å². The molecule has 2 aromatic heterocycles. The first-order chi connectivity index (χ1) is 19.9. The number of thioether (sulfide) groups is 2. The van der Waals surface area contributed by atoms with Crippen LogP contribution in [0.5, 0.6) is 0 Å². The number of nitrogens with one attached hydrogen (secondary N) is 1. The Morgan fingerprint density at radius 1 is 1.38 bits per heavy atom. The van der Waals surface area contributed by atoms with Crippen molar-refractivity contribution < 1.29 is 33.9 Å². The van der Waals surface area contributed by atoms with Crippen molar-refractivity contribution in [1.82, 2.24) is 25.4 Å². The minimum absolute atomic E-state index is 0.0603. The summed E-state index contributed by atoms with van der Waals surface area (Å²) in [6.07, 6.45) is 2.50. The van der Waals surface area contributed by atoms with Gasteiger partial charge in [0.1, 0.15) is 44.9 Å². The van der Waals surface area contributed by atoms with Crippen molar-refractivity contribution >= 4 is 92.4 Å². The van der Waals surface area contributed by atoms with Gasteiger partial charge in [0, 0.05) is 17.6 Å². The van der Waals surface area contributed by atoms with Gasteiger partial charge in [0.15, 0.2) is 15.2 Å². The predicted molar refractivity (Wildman–Crippen MR) is 159 cm³/mol. The fourth-order valence-electron chi connectivity index (χ4n) is 3.66. The molecule has 2 amide bonds. The highest BCUT2D eigenvalue weighted by Gasteiger charge is 2.54. The highest BCUT2D eigenvalue weighted by atomic mass is 35.5. The van der Waals surface area contributed by atoms with Gasteiger partial charge in [-0.05, 0) is 32.4 Å². The molecule has 1 saturated heterocycles. The summed E-state index contributed by atoms with van der Waals surface area (Å²) >= 11 is 11.1. The molecule has 19 heteroatoms. The number of carboxylic acids is 1. The van der Waals surface area contributed by atoms with Crippen LogP contribution < -0.4 is 11.1 Å². The third-order valence-corrected chi connectivity index (χ3v) is 9.65. The maximum Gasteiger partial charge on any atom is 0.352 e. The number of nitrogens with two attached hydrogens (primary N) is 1. The van der Waals surface area contributed by atoms with E-state index in [2.05, 4.69) is 25.7 Å². The van der Waals surface area contributed by atoms with Gasteiger partial charge in [-0.2, -0.15) is 0 Å². The van der Waals surface area contributed by atoms with E-state index in [0.717, 1.165) is 17.4 Å². The molecule has 0 aromatic carbocycles. The van der Waals surface area contributed by atoms with Crippen LogP contribution >= 0.6 is 57.8 Å². The van der Waals surface area contributed by atoms with E-state index < -0.39 is 40.8 Å². The first kappa shape index (κ1) is 31.7. The number of hydrogen-bond donors (Lipinski definition) is 3. The summed E-state index contributed by atoms with van der Waals surface area (Å²) in [5.41, 5.74) is 6.67. The van der Waals surface area contributed by atoms with E-state index in [9.17, 15) is 24.3 Å². The third-order valence-electron chi connectivity index (χ3n) is 5.28. The molecular formula is C23H24ClN7O7S4. The summed E-state index contributed by atoms with van der Waals surface area (Å²) < 4.78 is 5.90. The lowest BCUT2D eigenvalue weighted by Crippen LogP contribution is -2.71. The number of nitrogens with zero attached hydrogens (tertiary/aromatic N) is 5. The Kier molecular flexibility index (Phi) is 10.1. The van der Waals surface area contributed by atoms with Crippen molar-refractivity contribution in [1.29, 1.82) is 0 Å². The van der Waals surface area contributed by atoms with E-state index in [0.29, 0.717) is 21.4 Å². The van der Waals surface area contributed by atoms with Gasteiger partial charge >= 0.3 is 11.9 Å². The number of carbonyl (C=O) groups is 4. The topological polar surface area (TPSA) is 199 Å². The molecule has 0 saturated carbocycles. The number of thiazole rings is 1. The van der Waals surface area contributed by atoms with E-state index >= 15 is 0 Å². The van der Waals surface area contributed by atoms with E-state index in [1.807, 2.05) is 0 Å². The minimum atomic E-state index is -1.24. The highest BCUT2D eigenvalue weighted by Crippen LogP contribution is 2.41. The zero-order chi connectivity index (χ0) is 30.6. The molecule has 42 heavy (non-hydrogen) atoms. The number of nitrogen functional groups attached to an aromatic ring is 1. The number of β-lactam (4-membered cyclic amide) rings is 1. The number of oxime groups is 1. The van der Waals surface area contributed by atoms with E-state index in [1.54, 1.807) is 26.3 Å². The van der Waals surface area contributed by atoms with Crippen LogP contribution in [0.3, 0.4) is 0 Å². The largest absolute Gasteiger partial charge is 0.477 e. The van der Waals surface area contributed by atoms with Gasteiger partial charge < -0.3 is 25.7 Å². The van der Waals surface area contributed by atoms with E-state index in [4.69, 9.17) is 26.9 Å². The zero-order valence-electron chi connectivity index (χ0n) is 22.2. The fourth-order valence-corrected chi connectivity index (χ4v) is 7.56. The molecule has 224 valence electrons. The average Bonchev–Trinajstić information content (AvgIpc) is 3.55. The third kappa shape index (κ3) is 7.60. The Morgan fingerprint density at radius 2 is 2.14 bits per heavy atom. The number of anilines is 1. The molecule has 2 aromatic rings. The smallest absolute Gasteiger partial charge is 0.352 e. The molecule has 1 fully saturated rings. The summed E-state index contributed by atoms with van der Waals surface area (Å²) in [6.45, 7) is 4.98. The SMILES string of the molecule is CC(C)(C)OC(=O)/C=C/CO/N=C(/C(=O)NC1C(=O)N2C(C(=O)O)=C(CSc3nncs3)CS[C@H]12)c1nc(N)sc1Cl. The molecule has 0 radical (unpaired) electrons. The number of carbonyl (C=O) groups excluding carboxylic acids is 3. The summed E-state index contributed by atoms with van der Waals surface area (Å²) in [7, 11) is 0. The van der Waals surface area contributed by atoms with Crippen molar-refractivity contribution in [3.8, 4) is 0 Å². The Balaban J connectivity index is 1.46. The molecule has 4 N–H and O–H groups in total. The Bertz CT molecular complexity index is 1470. The second-order valence-corrected chi connectivity index (χ2v) is 14.3. The maximum atomic E-state index is 13.3. The van der Waals surface area contributed by atoms with Gasteiger partial charge in [-0.15, -0.1) is 22.0 Å². The summed E-state index contributed by atoms with van der Waals surface area (Å²) in [4.78, 5) is 60.8. The van der Waals surface area contributed by atoms with Gasteiger partial charge in [0.25, 0.3) is 11.8 Å². The van der Waals surface area contributed by atoms with Crippen LogP contribution in [0.4, 0.5) is 5.13 Å². The number of halogens is 1. The van der Waals surface area contributed by atoms with Crippen LogP contribution in [-0.4, -0.2) is 89.8 Å². The van der Waals surface area contributed by atoms with Crippen molar-refractivity contribution in [2.75, 3.05) is 23.8 Å². The number of carboxylic acid groups (broad SMARTS) is 1. The molecule has 0 bridgehead atoms. The molecule has 0 aliphatic carbocycles. The van der Waals surface area contributed by atoms with Crippen LogP contribution in [0.15, 0.2) is 38.4 Å². The number of esters is 1. The first-order valence-corrected chi connectivity index (χ1v) is 16.1. The van der Waals surface area contributed by atoms with E-state index in [1.165, 1.54) is 45.8 Å². The maximum absolute atomic E-state index is 13.3. The molecule has 2 atom stereocenters. The number of amides is 2. The van der Waals surface area contributed by atoms with Gasteiger partial charge in [-0.1, -0.05) is 51.2 Å². The van der Waals surface area contributed by atoms with Crippen molar-refractivity contribution in [3.05, 3.63) is 39.0 Å². The standard InChI is InChI=1S/C23H24ClN7O7S4/c1-23(2,3)38-11(32)5-4-6-37-30-13(12-16(24)42-21(25)28-12)17(33)27-14-18(34)31-15(20(35)36)10(7-39-19(14)31)8-40-22-29-26-9-41-22/h4-5,9,14,19H,6-8H2,1-3H3,(H2,25,28)(H,27,33)(H,35,36)/b5-4+,30-13+/t14?,19-/m1/s1. The molecule has 2 aliphatic rings. The lowest BCUT2D eigenvalue weighted by molar-refractivity contribution is -0.150. The highest BCUT2D eigenvalue weighted by molar-refractivity contribution is 8.01. The Labute approximate surface area is 260 Å². The average molecular weight is 674 g/mol. The summed E-state index contributed by atoms with van der Waals surface area (Å²) in [5, 5.41) is 23.4. The Morgan fingerprint density at radius 3 is 2.76 bits per heavy atom. The normalized spacial score (nSPS) is 19.0. The number of fused-ring (bicyclic) bond motifs is 1. The molecule has 4 rings (SSSR count). The predicted octanol–water partition coefficient (Wildman–Crippen LogP) is 2.38. The number of hydrogen-bond acceptors (Lipinski definition) is 15. The van der Waals surface area contributed by atoms with Gasteiger partial charge in [-0.25, -0.2) is 14.6 Å². The van der Waals surface area contributed by atoms with Crippen LogP contribution in [0, 0.1) is 0 Å². The summed E-state index contributed by atoms with van der Waals surface area (Å²) in [5.74, 6) is -2.62. The molecule has 1 unspecified atom stereocenters. The molecule has 2 aliphatic heterocycles. The van der Waals surface area contributed by atoms with Crippen molar-refractivity contribution in [2.24, 2.45) is 5.16 Å². The molecule has 0 spiro atoms. The van der Waals surface area contributed by atoms with E-state index in [-0.39, 0.29) is 33.2 Å². The van der Waals surface area contributed by atoms with Crippen LogP contribution in [0.25, 0.3) is 0 Å². The Hall–Kier alpha value is -3.19. The molecule has 14 nitrogen and oxygen atoms in total. The number of rotatable bonds is 11. The lowest BCUT2D eigenvalue weighted by atomic mass is 10.0. The number of aromatic nitrogens is 3.